The van der Waals surface area contributed by atoms with Crippen molar-refractivity contribution in [3.05, 3.63) is 39.3 Å². The van der Waals surface area contributed by atoms with Gasteiger partial charge in [-0.1, -0.05) is 6.07 Å². The van der Waals surface area contributed by atoms with Crippen LogP contribution in [0.5, 0.6) is 0 Å². The molecule has 21 heavy (non-hydrogen) atoms. The van der Waals surface area contributed by atoms with Gasteiger partial charge in [0.2, 0.25) is 0 Å². The maximum atomic E-state index is 9.09. The number of aromatic nitrogens is 2. The number of likely N-dealkylation sites (N-methyl/N-ethyl adjacent to an activating group) is 1. The molecular weight excluding hydrogens is 282 g/mol. The second kappa shape index (κ2) is 7.20. The Hall–Kier alpha value is -1.17. The molecule has 0 saturated carbocycles. The van der Waals surface area contributed by atoms with E-state index < -0.39 is 0 Å². The van der Waals surface area contributed by atoms with Crippen LogP contribution in [0.2, 0.25) is 0 Å². The van der Waals surface area contributed by atoms with Gasteiger partial charge in [-0.2, -0.15) is 5.10 Å². The SMILES string of the molecule is Cc1nn(CCO)c(C)c1CN(C)C(C)Cc1cccs1. The highest BCUT2D eigenvalue weighted by atomic mass is 32.1. The molecule has 1 N–H and O–H groups in total. The van der Waals surface area contributed by atoms with Gasteiger partial charge in [-0.25, -0.2) is 0 Å². The zero-order chi connectivity index (χ0) is 15.4. The van der Waals surface area contributed by atoms with Crippen LogP contribution in [0.25, 0.3) is 0 Å². The number of aryl methyl sites for hydroxylation is 1. The van der Waals surface area contributed by atoms with Crippen LogP contribution in [0.3, 0.4) is 0 Å². The van der Waals surface area contributed by atoms with Gasteiger partial charge >= 0.3 is 0 Å². The van der Waals surface area contributed by atoms with E-state index in [0.717, 1.165) is 24.4 Å². The summed E-state index contributed by atoms with van der Waals surface area (Å²) in [5, 5.41) is 15.7. The molecule has 2 aromatic rings. The first kappa shape index (κ1) is 16.2. The van der Waals surface area contributed by atoms with Crippen molar-refractivity contribution >= 4 is 11.3 Å². The topological polar surface area (TPSA) is 41.3 Å². The zero-order valence-electron chi connectivity index (χ0n) is 13.3. The number of aliphatic hydroxyl groups is 1. The summed E-state index contributed by atoms with van der Waals surface area (Å²) >= 11 is 1.82. The molecule has 116 valence electrons. The zero-order valence-corrected chi connectivity index (χ0v) is 14.2. The van der Waals surface area contributed by atoms with Gasteiger partial charge in [0.25, 0.3) is 0 Å². The number of nitrogens with zero attached hydrogens (tertiary/aromatic N) is 3. The van der Waals surface area contributed by atoms with Crippen molar-refractivity contribution in [1.82, 2.24) is 14.7 Å². The Bertz CT molecular complexity index is 562. The average molecular weight is 307 g/mol. The molecule has 0 spiro atoms. The lowest BCUT2D eigenvalue weighted by Gasteiger charge is -2.24. The van der Waals surface area contributed by atoms with Crippen molar-refractivity contribution in [3.8, 4) is 0 Å². The molecule has 0 saturated heterocycles. The summed E-state index contributed by atoms with van der Waals surface area (Å²) in [6.07, 6.45) is 1.08. The Balaban J connectivity index is 2.03. The normalized spacial score (nSPS) is 13.0. The minimum Gasteiger partial charge on any atom is -0.394 e. The molecule has 0 bridgehead atoms. The minimum atomic E-state index is 0.131. The fourth-order valence-electron chi connectivity index (χ4n) is 2.56. The summed E-state index contributed by atoms with van der Waals surface area (Å²) in [6.45, 7) is 8.00. The Morgan fingerprint density at radius 3 is 2.81 bits per heavy atom. The summed E-state index contributed by atoms with van der Waals surface area (Å²) in [7, 11) is 2.17. The Kier molecular flexibility index (Phi) is 5.56. The Morgan fingerprint density at radius 2 is 2.19 bits per heavy atom. The van der Waals surface area contributed by atoms with Crippen molar-refractivity contribution in [2.24, 2.45) is 0 Å². The highest BCUT2D eigenvalue weighted by molar-refractivity contribution is 7.09. The number of rotatable bonds is 7. The lowest BCUT2D eigenvalue weighted by atomic mass is 10.1. The molecule has 0 aliphatic rings. The monoisotopic (exact) mass is 307 g/mol. The van der Waals surface area contributed by atoms with Crippen LogP contribution in [0.15, 0.2) is 17.5 Å². The molecule has 1 unspecified atom stereocenters. The molecule has 0 fully saturated rings. The summed E-state index contributed by atoms with van der Waals surface area (Å²) < 4.78 is 1.91. The molecule has 4 nitrogen and oxygen atoms in total. The molecule has 2 heterocycles. The molecular formula is C16H25N3OS. The maximum absolute atomic E-state index is 9.09. The standard InChI is InChI=1S/C16H25N3OS/c1-12(10-15-6-5-9-21-15)18(4)11-16-13(2)17-19(7-8-20)14(16)3/h5-6,9,12,20H,7-8,10-11H2,1-4H3. The third-order valence-corrected chi connectivity index (χ3v) is 4.98. The molecule has 2 aromatic heterocycles. The molecule has 0 radical (unpaired) electrons. The van der Waals surface area contributed by atoms with E-state index in [4.69, 9.17) is 5.11 Å². The van der Waals surface area contributed by atoms with Gasteiger partial charge in [0, 0.05) is 28.7 Å². The second-order valence-electron chi connectivity index (χ2n) is 5.64. The van der Waals surface area contributed by atoms with E-state index >= 15 is 0 Å². The van der Waals surface area contributed by atoms with Crippen molar-refractivity contribution in [2.45, 2.75) is 46.3 Å². The van der Waals surface area contributed by atoms with Crippen molar-refractivity contribution in [3.63, 3.8) is 0 Å². The van der Waals surface area contributed by atoms with E-state index in [1.807, 2.05) is 22.9 Å². The summed E-state index contributed by atoms with van der Waals surface area (Å²) in [5.74, 6) is 0. The lowest BCUT2D eigenvalue weighted by molar-refractivity contribution is 0.247. The average Bonchev–Trinajstić information content (AvgIpc) is 3.03. The van der Waals surface area contributed by atoms with Gasteiger partial charge in [-0.3, -0.25) is 9.58 Å². The molecule has 0 aromatic carbocycles. The number of aliphatic hydroxyl groups excluding tert-OH is 1. The van der Waals surface area contributed by atoms with Gasteiger partial charge in [-0.05, 0) is 45.7 Å². The molecule has 2 rings (SSSR count). The van der Waals surface area contributed by atoms with Gasteiger partial charge in [0.1, 0.15) is 0 Å². The van der Waals surface area contributed by atoms with Crippen LogP contribution in [0.4, 0.5) is 0 Å². The van der Waals surface area contributed by atoms with Crippen molar-refractivity contribution in [1.29, 1.82) is 0 Å². The van der Waals surface area contributed by atoms with Crippen molar-refractivity contribution < 1.29 is 5.11 Å². The molecule has 0 aliphatic carbocycles. The minimum absolute atomic E-state index is 0.131. The predicted octanol–water partition coefficient (Wildman–Crippen LogP) is 2.62. The fraction of sp³-hybridized carbons (Fsp3) is 0.562. The van der Waals surface area contributed by atoms with Crippen molar-refractivity contribution in [2.75, 3.05) is 13.7 Å². The van der Waals surface area contributed by atoms with Crippen LogP contribution >= 0.6 is 11.3 Å². The van der Waals surface area contributed by atoms with Gasteiger partial charge in [0.05, 0.1) is 18.8 Å². The number of hydrogen-bond donors (Lipinski definition) is 1. The largest absolute Gasteiger partial charge is 0.394 e. The van der Waals surface area contributed by atoms with Crippen LogP contribution < -0.4 is 0 Å². The molecule has 5 heteroatoms. The smallest absolute Gasteiger partial charge is 0.0644 e. The molecule has 0 aliphatic heterocycles. The second-order valence-corrected chi connectivity index (χ2v) is 6.68. The highest BCUT2D eigenvalue weighted by Gasteiger charge is 2.16. The van der Waals surface area contributed by atoms with E-state index in [1.165, 1.54) is 10.4 Å². The molecule has 1 atom stereocenters. The third-order valence-electron chi connectivity index (χ3n) is 4.08. The Morgan fingerprint density at radius 1 is 1.43 bits per heavy atom. The first-order valence-corrected chi connectivity index (χ1v) is 8.27. The first-order valence-electron chi connectivity index (χ1n) is 7.39. The summed E-state index contributed by atoms with van der Waals surface area (Å²) in [6, 6.07) is 4.80. The third kappa shape index (κ3) is 3.93. The van der Waals surface area contributed by atoms with E-state index in [2.05, 4.69) is 48.4 Å². The first-order chi connectivity index (χ1) is 10.0. The van der Waals surface area contributed by atoms with E-state index in [9.17, 15) is 0 Å². The highest BCUT2D eigenvalue weighted by Crippen LogP contribution is 2.18. The van der Waals surface area contributed by atoms with Gasteiger partial charge in [0.15, 0.2) is 0 Å². The van der Waals surface area contributed by atoms with Crippen LogP contribution in [-0.2, 0) is 19.5 Å². The predicted molar refractivity (Wildman–Crippen MR) is 87.7 cm³/mol. The quantitative estimate of drug-likeness (QED) is 0.855. The summed E-state index contributed by atoms with van der Waals surface area (Å²) in [5.41, 5.74) is 3.51. The van der Waals surface area contributed by atoms with Crippen LogP contribution in [-0.4, -0.2) is 39.5 Å². The van der Waals surface area contributed by atoms with E-state index in [-0.39, 0.29) is 6.61 Å². The number of hydrogen-bond acceptors (Lipinski definition) is 4. The van der Waals surface area contributed by atoms with E-state index in [1.54, 1.807) is 0 Å². The summed E-state index contributed by atoms with van der Waals surface area (Å²) in [4.78, 5) is 3.80. The fourth-order valence-corrected chi connectivity index (χ4v) is 3.38. The molecule has 0 amide bonds. The maximum Gasteiger partial charge on any atom is 0.0644 e. The lowest BCUT2D eigenvalue weighted by Crippen LogP contribution is -2.30. The van der Waals surface area contributed by atoms with Gasteiger partial charge < -0.3 is 5.11 Å². The van der Waals surface area contributed by atoms with E-state index in [0.29, 0.717) is 12.6 Å². The van der Waals surface area contributed by atoms with Gasteiger partial charge in [-0.15, -0.1) is 11.3 Å². The van der Waals surface area contributed by atoms with Crippen LogP contribution in [0, 0.1) is 13.8 Å². The Labute approximate surface area is 131 Å². The number of thiophene rings is 1. The van der Waals surface area contributed by atoms with Crippen LogP contribution in [0.1, 0.15) is 28.8 Å².